The maximum Gasteiger partial charge on any atom is 0.242 e. The summed E-state index contributed by atoms with van der Waals surface area (Å²) in [6, 6.07) is 12.7. The molecule has 0 aliphatic rings. The molecule has 1 aromatic heterocycles. The fourth-order valence-corrected chi connectivity index (χ4v) is 3.87. The van der Waals surface area contributed by atoms with Crippen molar-refractivity contribution in [2.75, 3.05) is 13.1 Å². The molecule has 1 heterocycles. The van der Waals surface area contributed by atoms with Gasteiger partial charge in [0.25, 0.3) is 0 Å². The Kier molecular flexibility index (Phi) is 10.5. The summed E-state index contributed by atoms with van der Waals surface area (Å²) in [6.45, 7) is 12.5. The lowest BCUT2D eigenvalue weighted by Crippen LogP contribution is -2.46. The predicted molar refractivity (Wildman–Crippen MR) is 131 cm³/mol. The molecule has 176 valence electrons. The summed E-state index contributed by atoms with van der Waals surface area (Å²) in [6.07, 6.45) is 6.41. The molecule has 0 unspecified atom stereocenters. The van der Waals surface area contributed by atoms with Gasteiger partial charge in [0.05, 0.1) is 13.1 Å². The van der Waals surface area contributed by atoms with E-state index in [0.29, 0.717) is 19.5 Å². The average Bonchev–Trinajstić information content (AvgIpc) is 3.19. The molecule has 5 nitrogen and oxygen atoms in total. The van der Waals surface area contributed by atoms with E-state index >= 15 is 0 Å². The number of aromatic nitrogens is 1. The third-order valence-corrected chi connectivity index (χ3v) is 5.84. The van der Waals surface area contributed by atoms with E-state index in [1.165, 1.54) is 11.1 Å². The normalized spacial score (nSPS) is 11.1. The average molecular weight is 440 g/mol. The van der Waals surface area contributed by atoms with Crippen molar-refractivity contribution in [3.8, 4) is 0 Å². The van der Waals surface area contributed by atoms with Crippen LogP contribution in [0, 0.1) is 6.92 Å². The molecular formula is C27H41N3O2. The van der Waals surface area contributed by atoms with Crippen LogP contribution < -0.4 is 0 Å². The number of carbonyl (C=O) groups excluding carboxylic acids is 2. The summed E-state index contributed by atoms with van der Waals surface area (Å²) in [5.41, 5.74) is 3.61. The van der Waals surface area contributed by atoms with Gasteiger partial charge in [0.15, 0.2) is 0 Å². The summed E-state index contributed by atoms with van der Waals surface area (Å²) in [5.74, 6) is 0.105. The van der Waals surface area contributed by atoms with Crippen molar-refractivity contribution in [1.29, 1.82) is 0 Å². The number of hydrogen-bond acceptors (Lipinski definition) is 2. The first-order valence-electron chi connectivity index (χ1n) is 12.1. The van der Waals surface area contributed by atoms with Gasteiger partial charge in [-0.1, -0.05) is 56.5 Å². The van der Waals surface area contributed by atoms with E-state index in [-0.39, 0.29) is 24.4 Å². The van der Waals surface area contributed by atoms with Crippen molar-refractivity contribution in [1.82, 2.24) is 14.4 Å². The highest BCUT2D eigenvalue weighted by Crippen LogP contribution is 2.14. The van der Waals surface area contributed by atoms with E-state index in [1.54, 1.807) is 4.90 Å². The second-order valence-corrected chi connectivity index (χ2v) is 9.00. The van der Waals surface area contributed by atoms with Crippen molar-refractivity contribution in [2.24, 2.45) is 0 Å². The van der Waals surface area contributed by atoms with E-state index in [0.717, 1.165) is 37.9 Å². The fourth-order valence-electron chi connectivity index (χ4n) is 3.87. The zero-order valence-corrected chi connectivity index (χ0v) is 20.6. The van der Waals surface area contributed by atoms with Gasteiger partial charge in [-0.2, -0.15) is 0 Å². The second kappa shape index (κ2) is 13.1. The zero-order valence-electron chi connectivity index (χ0n) is 20.6. The number of hydrogen-bond donors (Lipinski definition) is 0. The Bertz CT molecular complexity index is 856. The molecule has 0 aliphatic heterocycles. The number of benzene rings is 1. The number of nitrogens with zero attached hydrogens (tertiary/aromatic N) is 3. The van der Waals surface area contributed by atoms with Gasteiger partial charge in [0.2, 0.25) is 11.8 Å². The van der Waals surface area contributed by atoms with E-state index in [1.807, 2.05) is 24.8 Å². The molecule has 0 saturated carbocycles. The molecule has 2 rings (SSSR count). The molecule has 0 bridgehead atoms. The summed E-state index contributed by atoms with van der Waals surface area (Å²) < 4.78 is 2.22. The Morgan fingerprint density at radius 3 is 2.41 bits per heavy atom. The van der Waals surface area contributed by atoms with Crippen molar-refractivity contribution in [3.63, 3.8) is 0 Å². The van der Waals surface area contributed by atoms with Crippen molar-refractivity contribution >= 4 is 11.8 Å². The fraction of sp³-hybridized carbons (Fsp3) is 0.556. The van der Waals surface area contributed by atoms with Crippen LogP contribution in [-0.4, -0.2) is 45.3 Å². The first-order chi connectivity index (χ1) is 15.3. The van der Waals surface area contributed by atoms with Crippen LogP contribution >= 0.6 is 0 Å². The largest absolute Gasteiger partial charge is 0.345 e. The van der Waals surface area contributed by atoms with Crippen molar-refractivity contribution < 1.29 is 9.59 Å². The lowest BCUT2D eigenvalue weighted by molar-refractivity contribution is -0.142. The van der Waals surface area contributed by atoms with Gasteiger partial charge in [-0.3, -0.25) is 9.59 Å². The highest BCUT2D eigenvalue weighted by molar-refractivity contribution is 5.85. The lowest BCUT2D eigenvalue weighted by Gasteiger charge is -2.30. The van der Waals surface area contributed by atoms with Gasteiger partial charge in [-0.05, 0) is 51.3 Å². The summed E-state index contributed by atoms with van der Waals surface area (Å²) >= 11 is 0. The van der Waals surface area contributed by atoms with Crippen LogP contribution in [0.2, 0.25) is 0 Å². The first-order valence-corrected chi connectivity index (χ1v) is 12.1. The molecular weight excluding hydrogens is 398 g/mol. The number of aryl methyl sites for hydroxylation is 1. The van der Waals surface area contributed by atoms with Crippen molar-refractivity contribution in [2.45, 2.75) is 85.9 Å². The van der Waals surface area contributed by atoms with Crippen LogP contribution in [0.4, 0.5) is 0 Å². The molecule has 0 N–H and O–H groups in total. The van der Waals surface area contributed by atoms with Gasteiger partial charge < -0.3 is 14.4 Å². The van der Waals surface area contributed by atoms with Gasteiger partial charge >= 0.3 is 0 Å². The minimum atomic E-state index is 0.0153. The number of carbonyl (C=O) groups is 2. The van der Waals surface area contributed by atoms with E-state index < -0.39 is 0 Å². The van der Waals surface area contributed by atoms with Crippen LogP contribution in [0.5, 0.6) is 0 Å². The molecule has 0 saturated heterocycles. The van der Waals surface area contributed by atoms with Crippen LogP contribution in [0.15, 0.2) is 42.6 Å². The lowest BCUT2D eigenvalue weighted by atomic mass is 10.1. The molecule has 2 aromatic rings. The van der Waals surface area contributed by atoms with E-state index in [9.17, 15) is 9.59 Å². The number of amides is 2. The highest BCUT2D eigenvalue weighted by Gasteiger charge is 2.23. The van der Waals surface area contributed by atoms with Crippen LogP contribution in [0.25, 0.3) is 0 Å². The Morgan fingerprint density at radius 1 is 1.00 bits per heavy atom. The molecule has 0 aliphatic carbocycles. The van der Waals surface area contributed by atoms with Crippen molar-refractivity contribution in [3.05, 3.63) is 59.4 Å². The minimum absolute atomic E-state index is 0.0153. The molecule has 1 aromatic carbocycles. The number of rotatable bonds is 13. The maximum atomic E-state index is 13.3. The molecule has 0 radical (unpaired) electrons. The molecule has 0 fully saturated rings. The Balaban J connectivity index is 2.13. The molecule has 5 heteroatoms. The summed E-state index contributed by atoms with van der Waals surface area (Å²) in [7, 11) is 0. The second-order valence-electron chi connectivity index (χ2n) is 9.00. The SMILES string of the molecule is CCCCC(=O)N(CC(=O)N(CCCC)Cc1cccn1Cc1cccc(C)c1)C(C)C. The predicted octanol–water partition coefficient (Wildman–Crippen LogP) is 5.40. The van der Waals surface area contributed by atoms with Crippen LogP contribution in [-0.2, 0) is 22.7 Å². The smallest absolute Gasteiger partial charge is 0.242 e. The molecule has 0 atom stereocenters. The third-order valence-electron chi connectivity index (χ3n) is 5.84. The Hall–Kier alpha value is -2.56. The van der Waals surface area contributed by atoms with Gasteiger partial charge in [-0.15, -0.1) is 0 Å². The zero-order chi connectivity index (χ0) is 23.5. The van der Waals surface area contributed by atoms with Gasteiger partial charge in [-0.25, -0.2) is 0 Å². The van der Waals surface area contributed by atoms with E-state index in [4.69, 9.17) is 0 Å². The van der Waals surface area contributed by atoms with Gasteiger partial charge in [0, 0.05) is 37.4 Å². The standard InChI is InChI=1S/C27H41N3O2/c1-6-8-15-26(31)30(22(3)4)21-27(32)29(16-9-7-2)20-25-14-11-17-28(25)19-24-13-10-12-23(5)18-24/h10-14,17-18,22H,6-9,15-16,19-21H2,1-5H3. The number of unbranched alkanes of at least 4 members (excludes halogenated alkanes) is 2. The van der Waals surface area contributed by atoms with Crippen LogP contribution in [0.1, 0.15) is 76.6 Å². The highest BCUT2D eigenvalue weighted by atomic mass is 16.2. The molecule has 0 spiro atoms. The quantitative estimate of drug-likeness (QED) is 0.419. The summed E-state index contributed by atoms with van der Waals surface area (Å²) in [5, 5.41) is 0. The minimum Gasteiger partial charge on any atom is -0.345 e. The Morgan fingerprint density at radius 2 is 1.75 bits per heavy atom. The van der Waals surface area contributed by atoms with Gasteiger partial charge in [0.1, 0.15) is 0 Å². The first kappa shape index (κ1) is 25.7. The topological polar surface area (TPSA) is 45.6 Å². The molecule has 2 amide bonds. The maximum absolute atomic E-state index is 13.3. The summed E-state index contributed by atoms with van der Waals surface area (Å²) in [4.78, 5) is 29.6. The monoisotopic (exact) mass is 439 g/mol. The van der Waals surface area contributed by atoms with E-state index in [2.05, 4.69) is 61.9 Å². The van der Waals surface area contributed by atoms with Crippen LogP contribution in [0.3, 0.4) is 0 Å². The Labute approximate surface area is 194 Å². The third kappa shape index (κ3) is 7.85. The molecule has 32 heavy (non-hydrogen) atoms.